The molecule has 0 aromatic heterocycles. The summed E-state index contributed by atoms with van der Waals surface area (Å²) < 4.78 is 12.3. The Morgan fingerprint density at radius 1 is 1.16 bits per heavy atom. The quantitative estimate of drug-likeness (QED) is 0.224. The molecule has 0 atom stereocenters. The van der Waals surface area contributed by atoms with E-state index in [2.05, 4.69) is 26.2 Å². The molecule has 2 aromatic rings. The fraction of sp³-hybridized carbons (Fsp3) is 0.393. The van der Waals surface area contributed by atoms with E-state index in [1.807, 2.05) is 18.2 Å². The van der Waals surface area contributed by atoms with Gasteiger partial charge in [0.25, 0.3) is 5.91 Å². The normalized spacial score (nSPS) is 30.1. The van der Waals surface area contributed by atoms with Crippen molar-refractivity contribution in [3.63, 3.8) is 0 Å². The first kappa shape index (κ1) is 25.0. The van der Waals surface area contributed by atoms with Crippen molar-refractivity contribution in [1.82, 2.24) is 5.32 Å². The predicted molar refractivity (Wildman–Crippen MR) is 149 cm³/mol. The van der Waals surface area contributed by atoms with Crippen LogP contribution in [-0.4, -0.2) is 24.2 Å². The summed E-state index contributed by atoms with van der Waals surface area (Å²) in [6.45, 7) is 0. The van der Waals surface area contributed by atoms with Gasteiger partial charge in [-0.2, -0.15) is 0 Å². The number of hydrogen-bond acceptors (Lipinski definition) is 6. The van der Waals surface area contributed by atoms with E-state index in [4.69, 9.17) is 21.1 Å². The second-order valence-corrected chi connectivity index (χ2v) is 12.8. The van der Waals surface area contributed by atoms with Gasteiger partial charge in [0, 0.05) is 0 Å². The van der Waals surface area contributed by atoms with Crippen molar-refractivity contribution in [2.24, 2.45) is 28.2 Å². The number of para-hydroxylation sites is 1. The molecular weight excluding hydrogens is 576 g/mol. The van der Waals surface area contributed by atoms with Crippen LogP contribution >= 0.6 is 39.3 Å². The van der Waals surface area contributed by atoms with E-state index < -0.39 is 0 Å². The van der Waals surface area contributed by atoms with Gasteiger partial charge in [0.05, 0.1) is 32.6 Å². The third-order valence-electron chi connectivity index (χ3n) is 7.94. The van der Waals surface area contributed by atoms with Gasteiger partial charge >= 0.3 is 5.97 Å². The summed E-state index contributed by atoms with van der Waals surface area (Å²) in [5, 5.41) is 3.74. The molecule has 0 unspecified atom stereocenters. The number of aliphatic imine (C=N–C) groups is 1. The molecule has 37 heavy (non-hydrogen) atoms. The maximum atomic E-state index is 13.5. The minimum absolute atomic E-state index is 0.136. The predicted octanol–water partition coefficient (Wildman–Crippen LogP) is 7.12. The Labute approximate surface area is 233 Å². The van der Waals surface area contributed by atoms with E-state index in [-0.39, 0.29) is 17.3 Å². The number of carbonyl (C=O) groups excluding carboxylic acids is 2. The lowest BCUT2D eigenvalue weighted by atomic mass is 9.49. The Morgan fingerprint density at radius 3 is 2.49 bits per heavy atom. The molecule has 1 heterocycles. The molecule has 2 aromatic carbocycles. The molecule has 0 spiro atoms. The summed E-state index contributed by atoms with van der Waals surface area (Å²) in [7, 11) is 1.55. The van der Waals surface area contributed by atoms with Crippen molar-refractivity contribution in [2.75, 3.05) is 7.11 Å². The van der Waals surface area contributed by atoms with Crippen LogP contribution in [0, 0.1) is 23.2 Å². The van der Waals surface area contributed by atoms with Gasteiger partial charge in [0.1, 0.15) is 0 Å². The zero-order valence-electron chi connectivity index (χ0n) is 20.3. The molecule has 0 radical (unpaired) electrons. The first-order valence-electron chi connectivity index (χ1n) is 12.5. The molecule has 4 saturated carbocycles. The van der Waals surface area contributed by atoms with Crippen LogP contribution in [0.25, 0.3) is 6.08 Å². The molecule has 5 aliphatic rings. The highest BCUT2D eigenvalue weighted by Crippen LogP contribution is 2.60. The number of benzene rings is 2. The molecule has 4 bridgehead atoms. The summed E-state index contributed by atoms with van der Waals surface area (Å²) >= 11 is 11.0. The van der Waals surface area contributed by atoms with Gasteiger partial charge in [-0.1, -0.05) is 23.7 Å². The minimum Gasteiger partial charge on any atom is -0.493 e. The molecule has 192 valence electrons. The number of hydrogen-bond donors (Lipinski definition) is 1. The highest BCUT2D eigenvalue weighted by molar-refractivity contribution is 9.10. The van der Waals surface area contributed by atoms with Gasteiger partial charge in [-0.05, 0) is 120 Å². The standard InChI is InChI=1S/C28H26BrClN2O4S/c1-35-22-10-15(11-23-25(33)32-27(37-23)31-21-5-3-2-4-20(21)30)9-19(29)24(22)36-26(34)28-12-16-6-17(13-28)8-18(7-16)14-28/h2-5,9-11,16-18H,6-8,12-14H2,1H3,(H,31,32,33)/b23-11+. The van der Waals surface area contributed by atoms with Gasteiger partial charge in [-0.15, -0.1) is 0 Å². The highest BCUT2D eigenvalue weighted by Gasteiger charge is 2.55. The number of amidine groups is 1. The van der Waals surface area contributed by atoms with Gasteiger partial charge in [0.2, 0.25) is 0 Å². The largest absolute Gasteiger partial charge is 0.493 e. The van der Waals surface area contributed by atoms with E-state index >= 15 is 0 Å². The molecular formula is C28H26BrClN2O4S. The number of nitrogens with zero attached hydrogens (tertiary/aromatic N) is 1. The van der Waals surface area contributed by atoms with E-state index in [1.165, 1.54) is 31.0 Å². The number of esters is 1. The van der Waals surface area contributed by atoms with Crippen LogP contribution in [0.3, 0.4) is 0 Å². The van der Waals surface area contributed by atoms with Gasteiger partial charge < -0.3 is 14.8 Å². The minimum atomic E-state index is -0.365. The number of methoxy groups -OCH3 is 1. The van der Waals surface area contributed by atoms with E-state index in [0.29, 0.717) is 54.5 Å². The van der Waals surface area contributed by atoms with Crippen molar-refractivity contribution >= 4 is 68.1 Å². The van der Waals surface area contributed by atoms with Crippen LogP contribution in [-0.2, 0) is 9.59 Å². The molecule has 6 nitrogen and oxygen atoms in total. The van der Waals surface area contributed by atoms with Crippen molar-refractivity contribution < 1.29 is 19.1 Å². The molecule has 1 N–H and O–H groups in total. The van der Waals surface area contributed by atoms with Crippen LogP contribution in [0.4, 0.5) is 5.69 Å². The van der Waals surface area contributed by atoms with Gasteiger partial charge in [-0.25, -0.2) is 4.99 Å². The zero-order valence-corrected chi connectivity index (χ0v) is 23.4. The topological polar surface area (TPSA) is 77.0 Å². The Morgan fingerprint density at radius 2 is 1.84 bits per heavy atom. The van der Waals surface area contributed by atoms with Crippen molar-refractivity contribution in [2.45, 2.75) is 38.5 Å². The molecule has 1 aliphatic heterocycles. The third kappa shape index (κ3) is 4.84. The smallest absolute Gasteiger partial charge is 0.317 e. The van der Waals surface area contributed by atoms with Gasteiger partial charge in [0.15, 0.2) is 16.7 Å². The number of amides is 1. The molecule has 7 rings (SSSR count). The summed E-state index contributed by atoms with van der Waals surface area (Å²) in [4.78, 5) is 31.1. The van der Waals surface area contributed by atoms with E-state index in [9.17, 15) is 9.59 Å². The maximum absolute atomic E-state index is 13.5. The number of halogens is 2. The average Bonchev–Trinajstić information content (AvgIpc) is 3.19. The number of nitrogens with one attached hydrogen (secondary N) is 1. The number of carbonyl (C=O) groups is 2. The SMILES string of the molecule is COc1cc(/C=C2/SC(=Nc3ccccc3Cl)NC2=O)cc(Br)c1OC(=O)C12CC3CC(CC(C3)C1)C2. The number of ether oxygens (including phenoxy) is 2. The number of thioether (sulfide) groups is 1. The molecule has 5 fully saturated rings. The van der Waals surface area contributed by atoms with Crippen molar-refractivity contribution in [3.05, 3.63) is 56.4 Å². The second kappa shape index (κ2) is 9.79. The Balaban J connectivity index is 1.23. The molecule has 1 saturated heterocycles. The second-order valence-electron chi connectivity index (χ2n) is 10.6. The van der Waals surface area contributed by atoms with Crippen molar-refractivity contribution in [1.29, 1.82) is 0 Å². The maximum Gasteiger partial charge on any atom is 0.317 e. The molecule has 9 heteroatoms. The number of rotatable bonds is 5. The van der Waals surface area contributed by atoms with Crippen LogP contribution < -0.4 is 14.8 Å². The summed E-state index contributed by atoms with van der Waals surface area (Å²) in [6.07, 6.45) is 8.36. The lowest BCUT2D eigenvalue weighted by molar-refractivity contribution is -0.161. The fourth-order valence-electron chi connectivity index (χ4n) is 6.77. The first-order valence-corrected chi connectivity index (χ1v) is 14.4. The van der Waals surface area contributed by atoms with Gasteiger partial charge in [-0.3, -0.25) is 9.59 Å². The zero-order chi connectivity index (χ0) is 25.7. The Hall–Kier alpha value is -2.29. The Bertz CT molecular complexity index is 1320. The third-order valence-corrected chi connectivity index (χ3v) is 9.76. The van der Waals surface area contributed by atoms with Crippen LogP contribution in [0.15, 0.2) is 50.8 Å². The van der Waals surface area contributed by atoms with E-state index in [1.54, 1.807) is 31.4 Å². The summed E-state index contributed by atoms with van der Waals surface area (Å²) in [6, 6.07) is 10.8. The Kier molecular flexibility index (Phi) is 6.62. The van der Waals surface area contributed by atoms with Crippen LogP contribution in [0.5, 0.6) is 11.5 Å². The summed E-state index contributed by atoms with van der Waals surface area (Å²) in [5.74, 6) is 2.40. The fourth-order valence-corrected chi connectivity index (χ4v) is 8.32. The average molecular weight is 602 g/mol. The van der Waals surface area contributed by atoms with Crippen LogP contribution in [0.1, 0.15) is 44.1 Å². The summed E-state index contributed by atoms with van der Waals surface area (Å²) in [5.41, 5.74) is 0.952. The highest BCUT2D eigenvalue weighted by atomic mass is 79.9. The van der Waals surface area contributed by atoms with E-state index in [0.717, 1.165) is 24.8 Å². The monoisotopic (exact) mass is 600 g/mol. The first-order chi connectivity index (χ1) is 17.8. The van der Waals surface area contributed by atoms with Crippen molar-refractivity contribution in [3.8, 4) is 11.5 Å². The lowest BCUT2D eigenvalue weighted by Crippen LogP contribution is -2.51. The lowest BCUT2D eigenvalue weighted by Gasteiger charge is -2.55. The van der Waals surface area contributed by atoms with Crippen LogP contribution in [0.2, 0.25) is 5.02 Å². The molecule has 4 aliphatic carbocycles. The molecule has 1 amide bonds.